The van der Waals surface area contributed by atoms with E-state index in [4.69, 9.17) is 10.5 Å². The van der Waals surface area contributed by atoms with E-state index in [9.17, 15) is 9.65 Å². The Morgan fingerprint density at radius 1 is 1.14 bits per heavy atom. The first kappa shape index (κ1) is 20.9. The van der Waals surface area contributed by atoms with Crippen LogP contribution >= 0.6 is 11.3 Å². The average Bonchev–Trinajstić information content (AvgIpc) is 3.41. The number of nitrogens with zero attached hydrogens (tertiary/aromatic N) is 6. The van der Waals surface area contributed by atoms with Gasteiger partial charge in [0.2, 0.25) is 5.95 Å². The van der Waals surface area contributed by atoms with Crippen molar-refractivity contribution in [1.29, 1.82) is 5.26 Å². The number of benzene rings is 1. The maximum absolute atomic E-state index is 16.3. The summed E-state index contributed by atoms with van der Waals surface area (Å²) in [6.07, 6.45) is 2.70. The lowest BCUT2D eigenvalue weighted by molar-refractivity contribution is -0.00321. The van der Waals surface area contributed by atoms with Gasteiger partial charge in [-0.2, -0.15) is 5.26 Å². The van der Waals surface area contributed by atoms with E-state index in [0.717, 1.165) is 49.3 Å². The van der Waals surface area contributed by atoms with Crippen LogP contribution in [0.2, 0.25) is 0 Å². The molecule has 0 amide bonds. The van der Waals surface area contributed by atoms with Gasteiger partial charge in [-0.1, -0.05) is 0 Å². The number of hydrogen-bond donors (Lipinski definition) is 1. The number of anilines is 2. The van der Waals surface area contributed by atoms with Crippen molar-refractivity contribution in [3.63, 3.8) is 0 Å². The Morgan fingerprint density at radius 2 is 1.91 bits per heavy atom. The van der Waals surface area contributed by atoms with Gasteiger partial charge in [-0.3, -0.25) is 4.98 Å². The highest BCUT2D eigenvalue weighted by Gasteiger charge is 2.51. The molecule has 4 aromatic rings. The van der Waals surface area contributed by atoms with Gasteiger partial charge < -0.3 is 20.3 Å². The van der Waals surface area contributed by atoms with E-state index in [1.165, 1.54) is 0 Å². The molecular weight excluding hydrogens is 472 g/mol. The van der Waals surface area contributed by atoms with Gasteiger partial charge in [0.15, 0.2) is 11.6 Å². The number of thiophene rings is 1. The molecule has 0 aliphatic carbocycles. The van der Waals surface area contributed by atoms with Crippen LogP contribution in [-0.4, -0.2) is 53.1 Å². The van der Waals surface area contributed by atoms with Crippen molar-refractivity contribution in [3.05, 3.63) is 40.7 Å². The maximum atomic E-state index is 16.3. The largest absolute Gasteiger partial charge is 0.389 e. The number of fused-ring (bicyclic) bond motifs is 4. The predicted molar refractivity (Wildman–Crippen MR) is 128 cm³/mol. The third-order valence-electron chi connectivity index (χ3n) is 7.28. The number of nitriles is 1. The van der Waals surface area contributed by atoms with Gasteiger partial charge in [0.1, 0.15) is 16.6 Å². The van der Waals surface area contributed by atoms with E-state index in [0.29, 0.717) is 16.9 Å². The average molecular weight is 492 g/mol. The lowest BCUT2D eigenvalue weighted by Gasteiger charge is -2.59. The summed E-state index contributed by atoms with van der Waals surface area (Å²) in [5.41, 5.74) is 8.28. The quantitative estimate of drug-likeness (QED) is 0.455. The van der Waals surface area contributed by atoms with Crippen molar-refractivity contribution in [2.24, 2.45) is 5.41 Å². The van der Waals surface area contributed by atoms with Crippen molar-refractivity contribution >= 4 is 43.3 Å². The molecule has 0 bridgehead atoms. The van der Waals surface area contributed by atoms with E-state index in [2.05, 4.69) is 31.8 Å². The van der Waals surface area contributed by atoms with Crippen LogP contribution in [0.1, 0.15) is 16.7 Å². The Hall–Kier alpha value is -3.46. The molecule has 2 fully saturated rings. The van der Waals surface area contributed by atoms with Crippen molar-refractivity contribution in [2.45, 2.75) is 13.2 Å². The number of nitrogens with two attached hydrogens (primary N) is 1. The molecule has 3 aliphatic heterocycles. The van der Waals surface area contributed by atoms with Crippen molar-refractivity contribution < 1.29 is 13.5 Å². The van der Waals surface area contributed by atoms with Crippen LogP contribution in [0.15, 0.2) is 12.4 Å². The molecule has 1 spiro atoms. The number of pyridine rings is 1. The first-order valence-electron chi connectivity index (χ1n) is 11.2. The molecule has 3 aromatic heterocycles. The van der Waals surface area contributed by atoms with Gasteiger partial charge in [0.05, 0.1) is 35.4 Å². The van der Waals surface area contributed by atoms with Crippen LogP contribution in [-0.2, 0) is 18.0 Å². The Labute approximate surface area is 202 Å². The van der Waals surface area contributed by atoms with E-state index < -0.39 is 11.6 Å². The molecule has 0 saturated carbocycles. The van der Waals surface area contributed by atoms with E-state index in [-0.39, 0.29) is 56.1 Å². The summed E-state index contributed by atoms with van der Waals surface area (Å²) in [7, 11) is 2.10. The van der Waals surface area contributed by atoms with Crippen molar-refractivity contribution in [1.82, 2.24) is 19.9 Å². The zero-order valence-electron chi connectivity index (χ0n) is 18.7. The highest BCUT2D eigenvalue weighted by molar-refractivity contribution is 7.23. The van der Waals surface area contributed by atoms with Gasteiger partial charge >= 0.3 is 0 Å². The molecule has 3 aliphatic rings. The van der Waals surface area contributed by atoms with Gasteiger partial charge in [-0.25, -0.2) is 18.7 Å². The normalized spacial score (nSPS) is 18.6. The second kappa shape index (κ2) is 7.04. The third kappa shape index (κ3) is 2.78. The number of aromatic nitrogens is 3. The first-order chi connectivity index (χ1) is 16.9. The monoisotopic (exact) mass is 491 g/mol. The molecule has 6 heterocycles. The molecule has 8 nitrogen and oxygen atoms in total. The van der Waals surface area contributed by atoms with Crippen LogP contribution in [0.25, 0.3) is 32.2 Å². The van der Waals surface area contributed by atoms with E-state index in [1.54, 1.807) is 6.20 Å². The Morgan fingerprint density at radius 3 is 2.66 bits per heavy atom. The zero-order valence-corrected chi connectivity index (χ0v) is 19.5. The predicted octanol–water partition coefficient (Wildman–Crippen LogP) is 3.42. The molecular formula is C24H19F2N7OS. The molecule has 0 atom stereocenters. The van der Waals surface area contributed by atoms with Crippen LogP contribution in [0.3, 0.4) is 0 Å². The van der Waals surface area contributed by atoms with Gasteiger partial charge in [0.25, 0.3) is 0 Å². The smallest absolute Gasteiger partial charge is 0.226 e. The minimum absolute atomic E-state index is 0.0962. The van der Waals surface area contributed by atoms with E-state index in [1.807, 2.05) is 6.07 Å². The van der Waals surface area contributed by atoms with Crippen LogP contribution in [0.4, 0.5) is 19.7 Å². The summed E-state index contributed by atoms with van der Waals surface area (Å²) >= 11 is 0.957. The molecule has 1 aromatic carbocycles. The Kier molecular flexibility index (Phi) is 4.20. The van der Waals surface area contributed by atoms with Gasteiger partial charge in [0, 0.05) is 54.1 Å². The van der Waals surface area contributed by atoms with Crippen LogP contribution in [0.5, 0.6) is 0 Å². The zero-order chi connectivity index (χ0) is 24.1. The molecule has 11 heteroatoms. The second-order valence-corrected chi connectivity index (χ2v) is 10.8. The van der Waals surface area contributed by atoms with Crippen LogP contribution < -0.4 is 10.6 Å². The second-order valence-electron chi connectivity index (χ2n) is 9.71. The summed E-state index contributed by atoms with van der Waals surface area (Å²) in [5, 5.41) is 10.7. The standard InChI is InChI=1S/C24H19F2N7OS/c1-32-7-24(8-32)9-33(10-24)23-30-3-12-13-5-34-6-14(13)16(18(26)19(12)31-23)20-17-11(2-27)22(28)35-21(17)15(25)4-29-20/h3-4H,5-10,28H2,1H3. The van der Waals surface area contributed by atoms with E-state index >= 15 is 4.39 Å². The number of hydrogen-bond acceptors (Lipinski definition) is 9. The molecule has 0 radical (unpaired) electrons. The molecule has 35 heavy (non-hydrogen) atoms. The molecule has 0 unspecified atom stereocenters. The SMILES string of the molecule is CN1CC2(C1)CN(c1ncc3c4c(c(-c5ncc(F)c6sc(N)c(C#N)c56)c(F)c3n1)COC4)C2. The lowest BCUT2D eigenvalue weighted by atomic mass is 9.73. The highest BCUT2D eigenvalue weighted by atomic mass is 32.1. The maximum Gasteiger partial charge on any atom is 0.226 e. The summed E-state index contributed by atoms with van der Waals surface area (Å²) in [5.74, 6) is -0.703. The topological polar surface area (TPSA) is 104 Å². The highest BCUT2D eigenvalue weighted by Crippen LogP contribution is 2.45. The van der Waals surface area contributed by atoms with Crippen molar-refractivity contribution in [3.8, 4) is 17.3 Å². The lowest BCUT2D eigenvalue weighted by Crippen LogP contribution is -2.71. The van der Waals surface area contributed by atoms with Crippen molar-refractivity contribution in [2.75, 3.05) is 43.9 Å². The molecule has 7 rings (SSSR count). The fraction of sp³-hybridized carbons (Fsp3) is 0.333. The summed E-state index contributed by atoms with van der Waals surface area (Å²) in [6, 6.07) is 2.03. The Bertz CT molecular complexity index is 1610. The fourth-order valence-electron chi connectivity index (χ4n) is 5.90. The number of rotatable bonds is 2. The first-order valence-corrected chi connectivity index (χ1v) is 12.0. The summed E-state index contributed by atoms with van der Waals surface area (Å²) in [6.45, 7) is 4.21. The Balaban J connectivity index is 1.44. The summed E-state index contributed by atoms with van der Waals surface area (Å²) < 4.78 is 36.8. The van der Waals surface area contributed by atoms with Gasteiger partial charge in [-0.05, 0) is 18.2 Å². The minimum atomic E-state index is -0.603. The minimum Gasteiger partial charge on any atom is -0.389 e. The fourth-order valence-corrected chi connectivity index (χ4v) is 6.82. The van der Waals surface area contributed by atoms with Crippen LogP contribution in [0, 0.1) is 28.4 Å². The van der Waals surface area contributed by atoms with Gasteiger partial charge in [-0.15, -0.1) is 11.3 Å². The third-order valence-corrected chi connectivity index (χ3v) is 8.31. The molecule has 2 N–H and O–H groups in total. The number of likely N-dealkylation sites (tertiary alicyclic amines) is 1. The molecule has 2 saturated heterocycles. The molecule has 176 valence electrons. The summed E-state index contributed by atoms with van der Waals surface area (Å²) in [4.78, 5) is 17.8. The number of nitrogen functional groups attached to an aromatic ring is 1. The number of ether oxygens (including phenoxy) is 1. The number of halogens is 2.